The molecule has 5 nitrogen and oxygen atoms in total. The molecule has 1 aromatic carbocycles. The van der Waals surface area contributed by atoms with E-state index >= 15 is 0 Å². The van der Waals surface area contributed by atoms with E-state index in [1.807, 2.05) is 22.6 Å². The van der Waals surface area contributed by atoms with Crippen LogP contribution in [0.15, 0.2) is 29.2 Å². The summed E-state index contributed by atoms with van der Waals surface area (Å²) in [4.78, 5) is 18.5. The first-order valence-corrected chi connectivity index (χ1v) is 6.20. The number of methoxy groups -OCH3 is 2. The summed E-state index contributed by atoms with van der Waals surface area (Å²) in [6.07, 6.45) is 1.53. The van der Waals surface area contributed by atoms with Gasteiger partial charge in [0.2, 0.25) is 0 Å². The van der Waals surface area contributed by atoms with Crippen molar-refractivity contribution in [3.8, 4) is 22.9 Å². The number of H-pyrrole nitrogens is 1. The number of rotatable bonds is 3. The Labute approximate surface area is 117 Å². The second kappa shape index (κ2) is 5.38. The van der Waals surface area contributed by atoms with Gasteiger partial charge in [-0.05, 0) is 34.7 Å². The molecule has 0 radical (unpaired) electrons. The van der Waals surface area contributed by atoms with Gasteiger partial charge < -0.3 is 14.5 Å². The van der Waals surface area contributed by atoms with E-state index in [-0.39, 0.29) is 5.56 Å². The summed E-state index contributed by atoms with van der Waals surface area (Å²) in [5.41, 5.74) is 0.571. The fourth-order valence-corrected chi connectivity index (χ4v) is 1.74. The minimum atomic E-state index is -0.164. The standard InChI is InChI=1S/C12H11IN2O3/c1-17-8-3-7(4-9(5-8)18-2)11-14-6-10(13)12(16)15-11/h3-6H,1-2H3,(H,14,15,16). The average molecular weight is 358 g/mol. The van der Waals surface area contributed by atoms with E-state index in [0.29, 0.717) is 20.9 Å². The van der Waals surface area contributed by atoms with Crippen molar-refractivity contribution in [1.82, 2.24) is 9.97 Å². The SMILES string of the molecule is COc1cc(OC)cc(-c2ncc(I)c(=O)[nH]2)c1. The van der Waals surface area contributed by atoms with Gasteiger partial charge in [0, 0.05) is 17.8 Å². The smallest absolute Gasteiger partial charge is 0.264 e. The molecule has 0 atom stereocenters. The van der Waals surface area contributed by atoms with Crippen molar-refractivity contribution in [1.29, 1.82) is 0 Å². The van der Waals surface area contributed by atoms with Gasteiger partial charge in [0.1, 0.15) is 17.3 Å². The minimum absolute atomic E-state index is 0.164. The number of ether oxygens (including phenoxy) is 2. The average Bonchev–Trinajstić information content (AvgIpc) is 2.41. The van der Waals surface area contributed by atoms with Crippen LogP contribution in [0.2, 0.25) is 0 Å². The summed E-state index contributed by atoms with van der Waals surface area (Å²) >= 11 is 1.93. The molecule has 0 unspecified atom stereocenters. The molecule has 0 bridgehead atoms. The predicted octanol–water partition coefficient (Wildman–Crippen LogP) is 2.06. The highest BCUT2D eigenvalue weighted by atomic mass is 127. The number of hydrogen-bond donors (Lipinski definition) is 1. The first-order chi connectivity index (χ1) is 8.63. The molecule has 0 fully saturated rings. The molecular weight excluding hydrogens is 347 g/mol. The van der Waals surface area contributed by atoms with Crippen molar-refractivity contribution in [3.05, 3.63) is 38.3 Å². The first-order valence-electron chi connectivity index (χ1n) is 5.12. The van der Waals surface area contributed by atoms with Crippen LogP contribution in [-0.4, -0.2) is 24.2 Å². The van der Waals surface area contributed by atoms with E-state index in [0.717, 1.165) is 5.56 Å². The summed E-state index contributed by atoms with van der Waals surface area (Å²) in [5, 5.41) is 0. The van der Waals surface area contributed by atoms with Crippen LogP contribution in [0, 0.1) is 3.57 Å². The van der Waals surface area contributed by atoms with Gasteiger partial charge >= 0.3 is 0 Å². The zero-order chi connectivity index (χ0) is 13.1. The van der Waals surface area contributed by atoms with Crippen molar-refractivity contribution < 1.29 is 9.47 Å². The Kier molecular flexibility index (Phi) is 3.85. The molecule has 1 N–H and O–H groups in total. The van der Waals surface area contributed by atoms with Crippen molar-refractivity contribution in [2.24, 2.45) is 0 Å². The summed E-state index contributed by atoms with van der Waals surface area (Å²) in [7, 11) is 3.14. The molecule has 0 aliphatic carbocycles. The third-order valence-electron chi connectivity index (χ3n) is 2.38. The van der Waals surface area contributed by atoms with Crippen LogP contribution in [0.25, 0.3) is 11.4 Å². The quantitative estimate of drug-likeness (QED) is 0.854. The van der Waals surface area contributed by atoms with Gasteiger partial charge in [-0.2, -0.15) is 0 Å². The van der Waals surface area contributed by atoms with E-state index < -0.39 is 0 Å². The van der Waals surface area contributed by atoms with Gasteiger partial charge in [-0.1, -0.05) is 0 Å². The van der Waals surface area contributed by atoms with E-state index in [2.05, 4.69) is 9.97 Å². The van der Waals surface area contributed by atoms with Crippen LogP contribution < -0.4 is 15.0 Å². The lowest BCUT2D eigenvalue weighted by Crippen LogP contribution is -2.11. The summed E-state index contributed by atoms with van der Waals surface area (Å²) in [6, 6.07) is 5.33. The van der Waals surface area contributed by atoms with Crippen LogP contribution >= 0.6 is 22.6 Å². The van der Waals surface area contributed by atoms with E-state index in [4.69, 9.17) is 9.47 Å². The van der Waals surface area contributed by atoms with E-state index in [1.54, 1.807) is 32.4 Å². The van der Waals surface area contributed by atoms with Crippen molar-refractivity contribution in [2.45, 2.75) is 0 Å². The maximum absolute atomic E-state index is 11.6. The fraction of sp³-hybridized carbons (Fsp3) is 0.167. The van der Waals surface area contributed by atoms with Gasteiger partial charge in [0.15, 0.2) is 0 Å². The van der Waals surface area contributed by atoms with Crippen LogP contribution in [-0.2, 0) is 0 Å². The second-order valence-corrected chi connectivity index (χ2v) is 4.67. The number of benzene rings is 1. The molecule has 0 amide bonds. The zero-order valence-corrected chi connectivity index (χ0v) is 12.0. The number of aromatic amines is 1. The lowest BCUT2D eigenvalue weighted by Gasteiger charge is -2.07. The second-order valence-electron chi connectivity index (χ2n) is 3.51. The van der Waals surface area contributed by atoms with Crippen molar-refractivity contribution >= 4 is 22.6 Å². The molecule has 0 saturated carbocycles. The minimum Gasteiger partial charge on any atom is -0.497 e. The molecule has 0 aliphatic rings. The molecule has 94 valence electrons. The summed E-state index contributed by atoms with van der Waals surface area (Å²) < 4.78 is 10.9. The number of nitrogens with zero attached hydrogens (tertiary/aromatic N) is 1. The molecule has 2 rings (SSSR count). The Balaban J connectivity index is 2.55. The highest BCUT2D eigenvalue weighted by Gasteiger charge is 2.07. The number of halogens is 1. The van der Waals surface area contributed by atoms with Gasteiger partial charge in [-0.25, -0.2) is 4.98 Å². The molecule has 18 heavy (non-hydrogen) atoms. The molecule has 1 heterocycles. The van der Waals surface area contributed by atoms with Crippen LogP contribution in [0.5, 0.6) is 11.5 Å². The number of aromatic nitrogens is 2. The fourth-order valence-electron chi connectivity index (χ4n) is 1.47. The van der Waals surface area contributed by atoms with Crippen molar-refractivity contribution in [3.63, 3.8) is 0 Å². The maximum Gasteiger partial charge on any atom is 0.264 e. The zero-order valence-electron chi connectivity index (χ0n) is 9.86. The molecule has 6 heteroatoms. The van der Waals surface area contributed by atoms with E-state index in [1.165, 1.54) is 6.20 Å². The largest absolute Gasteiger partial charge is 0.497 e. The highest BCUT2D eigenvalue weighted by Crippen LogP contribution is 2.27. The van der Waals surface area contributed by atoms with E-state index in [9.17, 15) is 4.79 Å². The normalized spacial score (nSPS) is 10.2. The van der Waals surface area contributed by atoms with Gasteiger partial charge in [0.25, 0.3) is 5.56 Å². The molecule has 0 aliphatic heterocycles. The summed E-state index contributed by atoms with van der Waals surface area (Å²) in [5.74, 6) is 1.77. The molecule has 1 aromatic heterocycles. The topological polar surface area (TPSA) is 64.2 Å². The highest BCUT2D eigenvalue weighted by molar-refractivity contribution is 14.1. The lowest BCUT2D eigenvalue weighted by molar-refractivity contribution is 0.394. The molecule has 0 spiro atoms. The van der Waals surface area contributed by atoms with Crippen LogP contribution in [0.4, 0.5) is 0 Å². The predicted molar refractivity (Wildman–Crippen MR) is 76.1 cm³/mol. The molecular formula is C12H11IN2O3. The van der Waals surface area contributed by atoms with Crippen LogP contribution in [0.1, 0.15) is 0 Å². The maximum atomic E-state index is 11.6. The Morgan fingerprint density at radius 3 is 2.28 bits per heavy atom. The molecule has 0 saturated heterocycles. The lowest BCUT2D eigenvalue weighted by atomic mass is 10.2. The molecule has 2 aromatic rings. The Morgan fingerprint density at radius 2 is 1.78 bits per heavy atom. The van der Waals surface area contributed by atoms with Gasteiger partial charge in [-0.3, -0.25) is 4.79 Å². The van der Waals surface area contributed by atoms with Gasteiger partial charge in [-0.15, -0.1) is 0 Å². The van der Waals surface area contributed by atoms with Crippen molar-refractivity contribution in [2.75, 3.05) is 14.2 Å². The summed E-state index contributed by atoms with van der Waals surface area (Å²) in [6.45, 7) is 0. The Hall–Kier alpha value is -1.57. The Morgan fingerprint density at radius 1 is 1.17 bits per heavy atom. The third-order valence-corrected chi connectivity index (χ3v) is 3.15. The number of nitrogens with one attached hydrogen (secondary N) is 1. The Bertz CT molecular complexity index is 603. The first kappa shape index (κ1) is 12.9. The van der Waals surface area contributed by atoms with Crippen LogP contribution in [0.3, 0.4) is 0 Å². The number of hydrogen-bond acceptors (Lipinski definition) is 4. The monoisotopic (exact) mass is 358 g/mol. The van der Waals surface area contributed by atoms with Gasteiger partial charge in [0.05, 0.1) is 17.8 Å². The third kappa shape index (κ3) is 2.63.